The van der Waals surface area contributed by atoms with Gasteiger partial charge in [0.1, 0.15) is 12.3 Å². The third-order valence-electron chi connectivity index (χ3n) is 3.53. The van der Waals surface area contributed by atoms with Gasteiger partial charge in [0.05, 0.1) is 25.6 Å². The first-order valence-electron chi connectivity index (χ1n) is 6.74. The highest BCUT2D eigenvalue weighted by Gasteiger charge is 2.28. The van der Waals surface area contributed by atoms with E-state index in [0.29, 0.717) is 6.61 Å². The molecule has 1 N–H and O–H groups in total. The summed E-state index contributed by atoms with van der Waals surface area (Å²) in [6.45, 7) is 7.26. The third kappa shape index (κ3) is 3.35. The number of furan rings is 1. The number of piperidine rings is 1. The number of esters is 1. The smallest absolute Gasteiger partial charge is 0.309 e. The molecule has 1 fully saturated rings. The van der Waals surface area contributed by atoms with Crippen LogP contribution >= 0.6 is 0 Å². The number of hydrogen-bond acceptors (Lipinski definition) is 3. The van der Waals surface area contributed by atoms with E-state index in [2.05, 4.69) is 0 Å². The Morgan fingerprint density at radius 3 is 2.72 bits per heavy atom. The minimum Gasteiger partial charge on any atom is -0.466 e. The van der Waals surface area contributed by atoms with Crippen LogP contribution in [0.25, 0.3) is 0 Å². The van der Waals surface area contributed by atoms with Gasteiger partial charge in [-0.2, -0.15) is 0 Å². The molecule has 0 bridgehead atoms. The van der Waals surface area contributed by atoms with Crippen molar-refractivity contribution in [3.8, 4) is 0 Å². The van der Waals surface area contributed by atoms with Crippen LogP contribution < -0.4 is 4.90 Å². The van der Waals surface area contributed by atoms with Crippen LogP contribution in [-0.4, -0.2) is 25.7 Å². The molecular formula is C14H22NO3+. The fourth-order valence-corrected chi connectivity index (χ4v) is 2.53. The van der Waals surface area contributed by atoms with Gasteiger partial charge < -0.3 is 14.1 Å². The lowest BCUT2D eigenvalue weighted by atomic mass is 9.97. The summed E-state index contributed by atoms with van der Waals surface area (Å²) in [6.07, 6.45) is 1.85. The molecule has 2 heterocycles. The zero-order valence-corrected chi connectivity index (χ0v) is 11.2. The summed E-state index contributed by atoms with van der Waals surface area (Å²) in [4.78, 5) is 13.1. The van der Waals surface area contributed by atoms with Gasteiger partial charge in [0.2, 0.25) is 0 Å². The molecule has 0 unspecified atom stereocenters. The molecule has 1 aromatic rings. The summed E-state index contributed by atoms with van der Waals surface area (Å²) in [5.41, 5.74) is 0. The summed E-state index contributed by atoms with van der Waals surface area (Å²) in [6, 6.07) is 4.04. The summed E-state index contributed by atoms with van der Waals surface area (Å²) >= 11 is 0. The van der Waals surface area contributed by atoms with E-state index in [1.165, 1.54) is 4.90 Å². The van der Waals surface area contributed by atoms with E-state index in [1.807, 2.05) is 26.0 Å². The highest BCUT2D eigenvalue weighted by molar-refractivity contribution is 5.72. The first-order chi connectivity index (χ1) is 8.69. The lowest BCUT2D eigenvalue weighted by Gasteiger charge is -2.27. The van der Waals surface area contributed by atoms with Gasteiger partial charge >= 0.3 is 5.97 Å². The topological polar surface area (TPSA) is 43.9 Å². The summed E-state index contributed by atoms with van der Waals surface area (Å²) in [5.74, 6) is 2.08. The highest BCUT2D eigenvalue weighted by atomic mass is 16.5. The average molecular weight is 252 g/mol. The number of carbonyl (C=O) groups is 1. The lowest BCUT2D eigenvalue weighted by Crippen LogP contribution is -3.11. The van der Waals surface area contributed by atoms with Crippen molar-refractivity contribution in [2.45, 2.75) is 33.2 Å². The van der Waals surface area contributed by atoms with Gasteiger partial charge in [-0.25, -0.2) is 0 Å². The molecule has 1 aliphatic rings. The first-order valence-corrected chi connectivity index (χ1v) is 6.74. The van der Waals surface area contributed by atoms with Crippen molar-refractivity contribution >= 4 is 5.97 Å². The van der Waals surface area contributed by atoms with E-state index < -0.39 is 0 Å². The van der Waals surface area contributed by atoms with Crippen molar-refractivity contribution in [2.24, 2.45) is 5.92 Å². The molecular weight excluding hydrogens is 230 g/mol. The molecule has 1 aromatic heterocycles. The van der Waals surface area contributed by atoms with Gasteiger partial charge in [-0.1, -0.05) is 0 Å². The molecule has 4 nitrogen and oxygen atoms in total. The maximum atomic E-state index is 11.6. The van der Waals surface area contributed by atoms with Crippen molar-refractivity contribution in [3.63, 3.8) is 0 Å². The highest BCUT2D eigenvalue weighted by Crippen LogP contribution is 2.12. The van der Waals surface area contributed by atoms with Gasteiger partial charge in [-0.15, -0.1) is 0 Å². The van der Waals surface area contributed by atoms with Crippen molar-refractivity contribution < 1.29 is 18.8 Å². The van der Waals surface area contributed by atoms with Crippen molar-refractivity contribution in [1.29, 1.82) is 0 Å². The number of aryl methyl sites for hydroxylation is 1. The molecule has 0 saturated carbocycles. The van der Waals surface area contributed by atoms with Crippen LogP contribution in [0.5, 0.6) is 0 Å². The molecule has 0 spiro atoms. The average Bonchev–Trinajstić information content (AvgIpc) is 2.76. The fraction of sp³-hybridized carbons (Fsp3) is 0.643. The quantitative estimate of drug-likeness (QED) is 0.811. The lowest BCUT2D eigenvalue weighted by molar-refractivity contribution is -0.920. The SMILES string of the molecule is CCOC(=O)C1CC[NH+](Cc2ccc(C)o2)CC1. The van der Waals surface area contributed by atoms with Crippen LogP contribution in [0.15, 0.2) is 16.5 Å². The van der Waals surface area contributed by atoms with Crippen LogP contribution in [0, 0.1) is 12.8 Å². The van der Waals surface area contributed by atoms with Crippen molar-refractivity contribution in [2.75, 3.05) is 19.7 Å². The van der Waals surface area contributed by atoms with E-state index in [-0.39, 0.29) is 11.9 Å². The number of ether oxygens (including phenoxy) is 1. The number of quaternary nitrogens is 1. The van der Waals surface area contributed by atoms with Crippen molar-refractivity contribution in [3.05, 3.63) is 23.7 Å². The Kier molecular flexibility index (Phi) is 4.42. The predicted molar refractivity (Wildman–Crippen MR) is 67.2 cm³/mol. The van der Waals surface area contributed by atoms with E-state index in [9.17, 15) is 4.79 Å². The maximum Gasteiger partial charge on any atom is 0.309 e. The van der Waals surface area contributed by atoms with Gasteiger partial charge in [0.25, 0.3) is 0 Å². The minimum atomic E-state index is -0.0228. The largest absolute Gasteiger partial charge is 0.466 e. The normalized spacial score (nSPS) is 23.9. The molecule has 0 amide bonds. The number of likely N-dealkylation sites (tertiary alicyclic amines) is 1. The molecule has 100 valence electrons. The number of nitrogens with one attached hydrogen (secondary N) is 1. The number of rotatable bonds is 4. The minimum absolute atomic E-state index is 0.0228. The predicted octanol–water partition coefficient (Wildman–Crippen LogP) is 0.946. The molecule has 0 aliphatic carbocycles. The van der Waals surface area contributed by atoms with Gasteiger partial charge in [-0.05, 0) is 26.0 Å². The van der Waals surface area contributed by atoms with Gasteiger partial charge in [-0.3, -0.25) is 4.79 Å². The Morgan fingerprint density at radius 2 is 2.17 bits per heavy atom. The number of hydrogen-bond donors (Lipinski definition) is 1. The van der Waals surface area contributed by atoms with Gasteiger partial charge in [0, 0.05) is 12.8 Å². The van der Waals surface area contributed by atoms with Crippen LogP contribution in [0.4, 0.5) is 0 Å². The zero-order chi connectivity index (χ0) is 13.0. The molecule has 0 aromatic carbocycles. The Labute approximate surface area is 108 Å². The second-order valence-corrected chi connectivity index (χ2v) is 4.97. The van der Waals surface area contributed by atoms with Crippen LogP contribution in [0.1, 0.15) is 31.3 Å². The monoisotopic (exact) mass is 252 g/mol. The van der Waals surface area contributed by atoms with E-state index in [4.69, 9.17) is 9.15 Å². The molecule has 18 heavy (non-hydrogen) atoms. The zero-order valence-electron chi connectivity index (χ0n) is 11.2. The van der Waals surface area contributed by atoms with E-state index in [0.717, 1.165) is 44.0 Å². The Morgan fingerprint density at radius 1 is 1.44 bits per heavy atom. The summed E-state index contributed by atoms with van der Waals surface area (Å²) < 4.78 is 10.7. The Hall–Kier alpha value is -1.29. The van der Waals surface area contributed by atoms with E-state index >= 15 is 0 Å². The summed E-state index contributed by atoms with van der Waals surface area (Å²) in [7, 11) is 0. The molecule has 2 rings (SSSR count). The molecule has 4 heteroatoms. The van der Waals surface area contributed by atoms with Crippen LogP contribution in [0.3, 0.4) is 0 Å². The maximum absolute atomic E-state index is 11.6. The molecule has 1 saturated heterocycles. The molecule has 1 aliphatic heterocycles. The van der Waals surface area contributed by atoms with Crippen LogP contribution in [-0.2, 0) is 16.1 Å². The fourth-order valence-electron chi connectivity index (χ4n) is 2.53. The van der Waals surface area contributed by atoms with Gasteiger partial charge in [0.15, 0.2) is 5.76 Å². The molecule has 0 radical (unpaired) electrons. The molecule has 0 atom stereocenters. The third-order valence-corrected chi connectivity index (χ3v) is 3.53. The first kappa shape index (κ1) is 13.1. The Bertz CT molecular complexity index is 391. The second kappa shape index (κ2) is 6.05. The summed E-state index contributed by atoms with van der Waals surface area (Å²) in [5, 5.41) is 0. The standard InChI is InChI=1S/C14H21NO3/c1-3-17-14(16)12-6-8-15(9-7-12)10-13-5-4-11(2)18-13/h4-5,12H,3,6-10H2,1-2H3/p+1. The van der Waals surface area contributed by atoms with E-state index in [1.54, 1.807) is 0 Å². The second-order valence-electron chi connectivity index (χ2n) is 4.97. The van der Waals surface area contributed by atoms with Crippen LogP contribution in [0.2, 0.25) is 0 Å². The number of carbonyl (C=O) groups excluding carboxylic acids is 1. The Balaban J connectivity index is 1.78. The van der Waals surface area contributed by atoms with Crippen molar-refractivity contribution in [1.82, 2.24) is 0 Å².